The second-order valence-corrected chi connectivity index (χ2v) is 8.25. The third-order valence-corrected chi connectivity index (χ3v) is 5.93. The number of carbonyl (C=O) groups excluding carboxylic acids is 1. The Morgan fingerprint density at radius 3 is 2.62 bits per heavy atom. The predicted molar refractivity (Wildman–Crippen MR) is 111 cm³/mol. The van der Waals surface area contributed by atoms with E-state index in [9.17, 15) is 9.18 Å². The number of halogens is 1. The summed E-state index contributed by atoms with van der Waals surface area (Å²) < 4.78 is 18.7. The first-order valence-electron chi connectivity index (χ1n) is 10.5. The summed E-state index contributed by atoms with van der Waals surface area (Å²) in [5.41, 5.74) is 2.11. The van der Waals surface area contributed by atoms with Crippen molar-refractivity contribution in [1.82, 2.24) is 9.80 Å². The Hall–Kier alpha value is -2.40. The van der Waals surface area contributed by atoms with Crippen molar-refractivity contribution in [3.05, 3.63) is 65.5 Å². The minimum atomic E-state index is -0.202. The molecule has 0 radical (unpaired) electrons. The number of carbonyl (C=O) groups is 1. The molecule has 1 unspecified atom stereocenters. The lowest BCUT2D eigenvalue weighted by atomic mass is 9.95. The van der Waals surface area contributed by atoms with Crippen LogP contribution < -0.4 is 4.74 Å². The molecule has 29 heavy (non-hydrogen) atoms. The maximum atomic E-state index is 13.5. The van der Waals surface area contributed by atoms with Gasteiger partial charge in [0.15, 0.2) is 0 Å². The van der Waals surface area contributed by atoms with Crippen molar-refractivity contribution in [2.75, 3.05) is 20.2 Å². The first kappa shape index (κ1) is 19.9. The van der Waals surface area contributed by atoms with Crippen LogP contribution in [0.4, 0.5) is 4.39 Å². The molecule has 1 saturated carbocycles. The number of nitrogens with zero attached hydrogens (tertiary/aromatic N) is 2. The van der Waals surface area contributed by atoms with Crippen LogP contribution in [0.15, 0.2) is 48.5 Å². The van der Waals surface area contributed by atoms with Crippen LogP contribution in [0.3, 0.4) is 0 Å². The summed E-state index contributed by atoms with van der Waals surface area (Å²) in [7, 11) is 1.66. The van der Waals surface area contributed by atoms with Gasteiger partial charge in [-0.15, -0.1) is 0 Å². The lowest BCUT2D eigenvalue weighted by molar-refractivity contribution is -0.138. The average Bonchev–Trinajstić information content (AvgIpc) is 3.57. The first-order valence-corrected chi connectivity index (χ1v) is 10.5. The number of ether oxygens (including phenoxy) is 1. The Morgan fingerprint density at radius 2 is 1.93 bits per heavy atom. The molecule has 2 fully saturated rings. The van der Waals surface area contributed by atoms with E-state index in [4.69, 9.17) is 4.74 Å². The van der Waals surface area contributed by atoms with E-state index >= 15 is 0 Å². The van der Waals surface area contributed by atoms with Crippen molar-refractivity contribution in [3.8, 4) is 5.75 Å². The van der Waals surface area contributed by atoms with Crippen LogP contribution >= 0.6 is 0 Å². The molecule has 0 aromatic heterocycles. The minimum absolute atomic E-state index is 0.0242. The monoisotopic (exact) mass is 396 g/mol. The van der Waals surface area contributed by atoms with Gasteiger partial charge >= 0.3 is 0 Å². The molecule has 1 saturated heterocycles. The maximum Gasteiger partial charge on any atom is 0.227 e. The Labute approximate surface area is 172 Å². The number of amides is 1. The van der Waals surface area contributed by atoms with Crippen LogP contribution in [0.1, 0.15) is 36.8 Å². The average molecular weight is 397 g/mol. The fourth-order valence-corrected chi connectivity index (χ4v) is 4.23. The first-order chi connectivity index (χ1) is 14.1. The zero-order valence-corrected chi connectivity index (χ0v) is 17.0. The van der Waals surface area contributed by atoms with Gasteiger partial charge in [-0.1, -0.05) is 24.3 Å². The number of benzene rings is 2. The SMILES string of the molecule is COc1ccc(CN(C(=O)C2CCCN(Cc3cccc(F)c3)C2)C2CC2)cc1. The fraction of sp³-hybridized carbons (Fsp3) is 0.458. The highest BCUT2D eigenvalue weighted by molar-refractivity contribution is 5.80. The van der Waals surface area contributed by atoms with Crippen molar-refractivity contribution in [2.45, 2.75) is 44.8 Å². The molecular weight excluding hydrogens is 367 g/mol. The van der Waals surface area contributed by atoms with Gasteiger partial charge in [-0.2, -0.15) is 0 Å². The molecule has 2 aliphatic rings. The second-order valence-electron chi connectivity index (χ2n) is 8.25. The Bertz CT molecular complexity index is 835. The van der Waals surface area contributed by atoms with Crippen molar-refractivity contribution in [3.63, 3.8) is 0 Å². The topological polar surface area (TPSA) is 32.8 Å². The van der Waals surface area contributed by atoms with Gasteiger partial charge in [-0.25, -0.2) is 4.39 Å². The Kier molecular flexibility index (Phi) is 6.14. The molecule has 4 rings (SSSR count). The number of likely N-dealkylation sites (tertiary alicyclic amines) is 1. The van der Waals surface area contributed by atoms with E-state index < -0.39 is 0 Å². The molecule has 1 amide bonds. The molecule has 0 spiro atoms. The molecule has 1 aliphatic carbocycles. The second kappa shape index (κ2) is 8.95. The fourth-order valence-electron chi connectivity index (χ4n) is 4.23. The molecule has 4 nitrogen and oxygen atoms in total. The summed E-state index contributed by atoms with van der Waals surface area (Å²) in [5.74, 6) is 0.924. The van der Waals surface area contributed by atoms with E-state index in [0.717, 1.165) is 55.6 Å². The number of methoxy groups -OCH3 is 1. The quantitative estimate of drug-likeness (QED) is 0.702. The number of hydrogen-bond acceptors (Lipinski definition) is 3. The van der Waals surface area contributed by atoms with Crippen LogP contribution in [0.2, 0.25) is 0 Å². The van der Waals surface area contributed by atoms with Crippen LogP contribution in [0.25, 0.3) is 0 Å². The van der Waals surface area contributed by atoms with E-state index in [1.807, 2.05) is 30.3 Å². The summed E-state index contributed by atoms with van der Waals surface area (Å²) in [5, 5.41) is 0. The van der Waals surface area contributed by atoms with Crippen LogP contribution in [-0.4, -0.2) is 41.9 Å². The lowest BCUT2D eigenvalue weighted by Gasteiger charge is -2.35. The molecule has 1 aliphatic heterocycles. The minimum Gasteiger partial charge on any atom is -0.497 e. The molecule has 2 aromatic carbocycles. The van der Waals surface area contributed by atoms with Crippen LogP contribution in [-0.2, 0) is 17.9 Å². The molecular formula is C24H29FN2O2. The van der Waals surface area contributed by atoms with Crippen molar-refractivity contribution < 1.29 is 13.9 Å². The highest BCUT2D eigenvalue weighted by Gasteiger charge is 2.37. The van der Waals surface area contributed by atoms with Gasteiger partial charge in [0, 0.05) is 25.7 Å². The van der Waals surface area contributed by atoms with Crippen molar-refractivity contribution in [2.24, 2.45) is 5.92 Å². The van der Waals surface area contributed by atoms with E-state index in [2.05, 4.69) is 9.80 Å². The summed E-state index contributed by atoms with van der Waals surface area (Å²) in [6, 6.07) is 15.1. The summed E-state index contributed by atoms with van der Waals surface area (Å²) >= 11 is 0. The molecule has 1 atom stereocenters. The standard InChI is InChI=1S/C24H29FN2O2/c1-29-23-11-7-18(8-12-23)16-27(22-9-10-22)24(28)20-5-3-13-26(17-20)15-19-4-2-6-21(25)14-19/h2,4,6-8,11-12,14,20,22H,3,5,9-10,13,15-17H2,1H3. The largest absolute Gasteiger partial charge is 0.497 e. The molecule has 0 bridgehead atoms. The molecule has 154 valence electrons. The third-order valence-electron chi connectivity index (χ3n) is 5.93. The smallest absolute Gasteiger partial charge is 0.227 e. The lowest BCUT2D eigenvalue weighted by Crippen LogP contribution is -2.45. The van der Waals surface area contributed by atoms with E-state index in [0.29, 0.717) is 19.1 Å². The van der Waals surface area contributed by atoms with Crippen molar-refractivity contribution >= 4 is 5.91 Å². The molecule has 2 aromatic rings. The van der Waals surface area contributed by atoms with Gasteiger partial charge in [-0.3, -0.25) is 9.69 Å². The third kappa shape index (κ3) is 5.15. The van der Waals surface area contributed by atoms with Crippen LogP contribution in [0, 0.1) is 11.7 Å². The van der Waals surface area contributed by atoms with E-state index in [1.165, 1.54) is 6.07 Å². The van der Waals surface area contributed by atoms with Crippen LogP contribution in [0.5, 0.6) is 5.75 Å². The van der Waals surface area contributed by atoms with E-state index in [-0.39, 0.29) is 17.6 Å². The highest BCUT2D eigenvalue weighted by Crippen LogP contribution is 2.32. The predicted octanol–water partition coefficient (Wildman–Crippen LogP) is 4.24. The maximum absolute atomic E-state index is 13.5. The van der Waals surface area contributed by atoms with Gasteiger partial charge in [0.2, 0.25) is 5.91 Å². The zero-order valence-electron chi connectivity index (χ0n) is 17.0. The Morgan fingerprint density at radius 1 is 1.14 bits per heavy atom. The van der Waals surface area contributed by atoms with Gasteiger partial charge in [0.05, 0.1) is 13.0 Å². The number of hydrogen-bond donors (Lipinski definition) is 0. The van der Waals surface area contributed by atoms with Gasteiger partial charge < -0.3 is 9.64 Å². The molecule has 0 N–H and O–H groups in total. The highest BCUT2D eigenvalue weighted by atomic mass is 19.1. The summed E-state index contributed by atoms with van der Waals surface area (Å²) in [6.45, 7) is 3.07. The van der Waals surface area contributed by atoms with Crippen molar-refractivity contribution in [1.29, 1.82) is 0 Å². The van der Waals surface area contributed by atoms with Gasteiger partial charge in [0.25, 0.3) is 0 Å². The zero-order chi connectivity index (χ0) is 20.2. The normalized spacial score (nSPS) is 19.7. The summed E-state index contributed by atoms with van der Waals surface area (Å²) in [6.07, 6.45) is 4.14. The number of piperidine rings is 1. The van der Waals surface area contributed by atoms with E-state index in [1.54, 1.807) is 19.2 Å². The molecule has 1 heterocycles. The van der Waals surface area contributed by atoms with Gasteiger partial charge in [-0.05, 0) is 67.6 Å². The van der Waals surface area contributed by atoms with Gasteiger partial charge in [0.1, 0.15) is 11.6 Å². The Balaban J connectivity index is 1.40. The molecule has 5 heteroatoms. The summed E-state index contributed by atoms with van der Waals surface area (Å²) in [4.78, 5) is 17.7. The number of rotatable bonds is 7.